The molecule has 0 N–H and O–H groups in total. The average molecular weight is 160 g/mol. The summed E-state index contributed by atoms with van der Waals surface area (Å²) in [5.74, 6) is 0. The van der Waals surface area contributed by atoms with E-state index in [0.29, 0.717) is 19.8 Å². The van der Waals surface area contributed by atoms with Gasteiger partial charge in [-0.1, -0.05) is 0 Å². The van der Waals surface area contributed by atoms with Crippen LogP contribution in [0.25, 0.3) is 0 Å². The Bertz CT molecular complexity index is 8.00. The predicted octanol–water partition coefficient (Wildman–Crippen LogP) is 0.353. The van der Waals surface area contributed by atoms with Gasteiger partial charge in [0.2, 0.25) is 0 Å². The third-order valence-electron chi connectivity index (χ3n) is 0. The van der Waals surface area contributed by atoms with Crippen molar-refractivity contribution in [3.8, 4) is 0 Å². The van der Waals surface area contributed by atoms with Crippen molar-refractivity contribution >= 4 is 9.12 Å². The van der Waals surface area contributed by atoms with Crippen LogP contribution in [0.1, 0.15) is 0 Å². The molecule has 0 aliphatic carbocycles. The van der Waals surface area contributed by atoms with Gasteiger partial charge in [-0.15, -0.1) is 0 Å². The third-order valence-corrected chi connectivity index (χ3v) is 0. The second-order valence-corrected chi connectivity index (χ2v) is 0. The first-order chi connectivity index (χ1) is 2.00. The summed E-state index contributed by atoms with van der Waals surface area (Å²) >= 11 is 0.700. The normalized spacial score (nSPS) is 2.00. The van der Waals surface area contributed by atoms with Crippen molar-refractivity contribution < 1.29 is 27.7 Å². The summed E-state index contributed by atoms with van der Waals surface area (Å²) in [6.07, 6.45) is 0. The minimum atomic E-state index is 0.700. The Morgan fingerprint density at radius 3 is 1.25 bits per heavy atom. The molecule has 0 aliphatic rings. The van der Waals surface area contributed by atoms with E-state index in [4.69, 9.17) is 7.96 Å². The summed E-state index contributed by atoms with van der Waals surface area (Å²) in [4.78, 5) is 0. The zero-order chi connectivity index (χ0) is 4.00. The predicted molar refractivity (Wildman–Crippen MR) is 9.69 cm³/mol. The van der Waals surface area contributed by atoms with Gasteiger partial charge in [0.25, 0.3) is 0 Å². The Kier molecular flexibility index (Phi) is 153. The first kappa shape index (κ1) is 8.82. The van der Waals surface area contributed by atoms with Crippen molar-refractivity contribution in [2.24, 2.45) is 0 Å². The summed E-state index contributed by atoms with van der Waals surface area (Å²) in [7, 11) is 1.72. The molecule has 4 heavy (non-hydrogen) atoms. The number of hydrogen-bond acceptors (Lipinski definition) is 2. The van der Waals surface area contributed by atoms with Gasteiger partial charge in [0.15, 0.2) is 0 Å². The second-order valence-electron chi connectivity index (χ2n) is 0. The van der Waals surface area contributed by atoms with E-state index in [9.17, 15) is 0 Å². The Labute approximate surface area is 37.4 Å². The van der Waals surface area contributed by atoms with Crippen molar-refractivity contribution in [2.75, 3.05) is 0 Å². The fraction of sp³-hybridized carbons (Fsp3) is 0. The molecule has 4 heteroatoms. The van der Waals surface area contributed by atoms with Gasteiger partial charge >= 0.3 is 23.2 Å². The molecular weight excluding hydrogens is 159 g/mol. The molecule has 0 aromatic heterocycles. The van der Waals surface area contributed by atoms with Crippen molar-refractivity contribution in [1.82, 2.24) is 0 Å². The van der Waals surface area contributed by atoms with Gasteiger partial charge in [-0.25, -0.2) is 0 Å². The van der Waals surface area contributed by atoms with Crippen LogP contribution in [-0.2, 0) is 27.7 Å². The Morgan fingerprint density at radius 1 is 1.25 bits per heavy atom. The van der Waals surface area contributed by atoms with E-state index in [1.54, 1.807) is 9.12 Å². The molecule has 0 atom stereocenters. The monoisotopic (exact) mass is 162 g/mol. The molecule has 0 bridgehead atoms. The van der Waals surface area contributed by atoms with Gasteiger partial charge in [-0.05, 0) is 0 Å². The van der Waals surface area contributed by atoms with E-state index >= 15 is 0 Å². The van der Waals surface area contributed by atoms with E-state index in [1.165, 1.54) is 0 Å². The molecule has 0 aliphatic heterocycles. The van der Waals surface area contributed by atoms with Crippen LogP contribution in [0.2, 0.25) is 0 Å². The molecule has 0 unspecified atom stereocenters. The summed E-state index contributed by atoms with van der Waals surface area (Å²) < 4.78 is 16.3. The molecule has 0 saturated carbocycles. The number of hydrogen-bond donors (Lipinski definition) is 0. The van der Waals surface area contributed by atoms with Gasteiger partial charge in [0, 0.05) is 0 Å². The zero-order valence-electron chi connectivity index (χ0n) is 1.72. The van der Waals surface area contributed by atoms with Crippen LogP contribution in [0.5, 0.6) is 0 Å². The maximum atomic E-state index is 8.26. The fourth-order valence-corrected chi connectivity index (χ4v) is 0. The van der Waals surface area contributed by atoms with E-state index in [-0.39, 0.29) is 0 Å². The molecule has 0 saturated heterocycles. The van der Waals surface area contributed by atoms with Crippen molar-refractivity contribution in [2.45, 2.75) is 0 Å². The summed E-state index contributed by atoms with van der Waals surface area (Å²) in [6.45, 7) is 0. The van der Waals surface area contributed by atoms with Crippen molar-refractivity contribution in [3.63, 3.8) is 0 Å². The second kappa shape index (κ2) is 69.5. The summed E-state index contributed by atoms with van der Waals surface area (Å²) in [5.41, 5.74) is 0. The number of rotatable bonds is 0. The van der Waals surface area contributed by atoms with Crippen LogP contribution in [0.4, 0.5) is 0 Å². The molecule has 0 spiro atoms. The molecule has 0 heterocycles. The summed E-state index contributed by atoms with van der Waals surface area (Å²) in [5, 5.41) is 0. The molecule has 24 valence electrons. The molecule has 0 radical (unpaired) electrons. The average Bonchev–Trinajstić information content (AvgIpc) is 1.50. The molecular formula is HMoO2P. The van der Waals surface area contributed by atoms with Crippen LogP contribution in [0, 0.1) is 0 Å². The van der Waals surface area contributed by atoms with Crippen LogP contribution >= 0.6 is 9.12 Å². The minimum absolute atomic E-state index is 0.700. The van der Waals surface area contributed by atoms with Gasteiger partial charge in [0.1, 0.15) is 9.12 Å². The van der Waals surface area contributed by atoms with Crippen LogP contribution in [0.3, 0.4) is 0 Å². The van der Waals surface area contributed by atoms with Crippen LogP contribution in [-0.4, -0.2) is 0 Å². The molecule has 0 rings (SSSR count). The quantitative estimate of drug-likeness (QED) is 0.378. The Hall–Kier alpha value is 0.588. The zero-order valence-corrected chi connectivity index (χ0v) is 4.73. The molecule has 2 nitrogen and oxygen atoms in total. The molecule has 0 aromatic carbocycles. The molecule has 0 fully saturated rings. The first-order valence-corrected chi connectivity index (χ1v) is 1.60. The Morgan fingerprint density at radius 2 is 1.25 bits per heavy atom. The van der Waals surface area contributed by atoms with E-state index in [2.05, 4.69) is 0 Å². The van der Waals surface area contributed by atoms with Crippen molar-refractivity contribution in [3.05, 3.63) is 0 Å². The van der Waals surface area contributed by atoms with E-state index < -0.39 is 0 Å². The van der Waals surface area contributed by atoms with Gasteiger partial charge in [-0.3, -0.25) is 4.57 Å². The molecule has 0 aromatic rings. The van der Waals surface area contributed by atoms with Gasteiger partial charge in [-0.2, -0.15) is 0 Å². The SMILES string of the molecule is O=P.[O]=[Mo]. The van der Waals surface area contributed by atoms with E-state index in [0.717, 1.165) is 0 Å². The maximum absolute atomic E-state index is 8.26. The van der Waals surface area contributed by atoms with Crippen LogP contribution in [0.15, 0.2) is 0 Å². The summed E-state index contributed by atoms with van der Waals surface area (Å²) in [6, 6.07) is 0. The topological polar surface area (TPSA) is 34.1 Å². The third kappa shape index (κ3) is 18.9. The Balaban J connectivity index is 0. The van der Waals surface area contributed by atoms with Gasteiger partial charge in [0.05, 0.1) is 0 Å². The van der Waals surface area contributed by atoms with Gasteiger partial charge < -0.3 is 0 Å². The molecule has 0 amide bonds. The standard InChI is InChI=1S/Mo.HOP.O/c;1-2;/h;2H;. The first-order valence-electron chi connectivity index (χ1n) is 0.371. The van der Waals surface area contributed by atoms with Crippen LogP contribution < -0.4 is 0 Å². The fourth-order valence-electron chi connectivity index (χ4n) is 0. The van der Waals surface area contributed by atoms with E-state index in [1.807, 2.05) is 0 Å². The van der Waals surface area contributed by atoms with Crippen molar-refractivity contribution in [1.29, 1.82) is 0 Å².